The van der Waals surface area contributed by atoms with Gasteiger partial charge in [-0.2, -0.15) is 0 Å². The lowest BCUT2D eigenvalue weighted by molar-refractivity contribution is -0.152. The van der Waals surface area contributed by atoms with Crippen LogP contribution in [0.2, 0.25) is 0 Å². The molecule has 0 N–H and O–H groups in total. The minimum Gasteiger partial charge on any atom is -0.459 e. The summed E-state index contributed by atoms with van der Waals surface area (Å²) in [7, 11) is 0. The Morgan fingerprint density at radius 2 is 2.00 bits per heavy atom. The van der Waals surface area contributed by atoms with Crippen molar-refractivity contribution in [3.63, 3.8) is 0 Å². The molecule has 0 amide bonds. The molecule has 0 aromatic rings. The molecule has 0 saturated carbocycles. The Kier molecular flexibility index (Phi) is 7.02. The molecule has 0 aliphatic carbocycles. The maximum atomic E-state index is 11.4. The number of aliphatic imine (C=N–C) groups is 1. The van der Waals surface area contributed by atoms with E-state index in [4.69, 9.17) is 4.74 Å². The quantitative estimate of drug-likeness (QED) is 0.516. The number of rotatable bonds is 6. The SMILES string of the molecule is CCCC(C=NCC(=O)OC(C)(C)C)CC. The lowest BCUT2D eigenvalue weighted by Gasteiger charge is -2.18. The van der Waals surface area contributed by atoms with E-state index < -0.39 is 5.60 Å². The molecule has 1 atom stereocenters. The third kappa shape index (κ3) is 8.45. The van der Waals surface area contributed by atoms with Gasteiger partial charge in [0.25, 0.3) is 0 Å². The molecule has 3 nitrogen and oxygen atoms in total. The van der Waals surface area contributed by atoms with Gasteiger partial charge in [-0.05, 0) is 39.5 Å². The zero-order valence-electron chi connectivity index (χ0n) is 11.2. The van der Waals surface area contributed by atoms with Gasteiger partial charge in [0.1, 0.15) is 12.1 Å². The molecular weight excluding hydrogens is 202 g/mol. The number of nitrogens with zero attached hydrogens (tertiary/aromatic N) is 1. The monoisotopic (exact) mass is 227 g/mol. The summed E-state index contributed by atoms with van der Waals surface area (Å²) in [6.07, 6.45) is 5.25. The van der Waals surface area contributed by atoms with Crippen molar-refractivity contribution in [2.24, 2.45) is 10.9 Å². The highest BCUT2D eigenvalue weighted by Gasteiger charge is 2.15. The molecule has 1 unspecified atom stereocenters. The molecule has 0 fully saturated rings. The Hall–Kier alpha value is -0.860. The van der Waals surface area contributed by atoms with E-state index in [9.17, 15) is 4.79 Å². The van der Waals surface area contributed by atoms with Crippen LogP contribution in [0.4, 0.5) is 0 Å². The van der Waals surface area contributed by atoms with Crippen LogP contribution in [0.5, 0.6) is 0 Å². The number of esters is 1. The molecule has 16 heavy (non-hydrogen) atoms. The van der Waals surface area contributed by atoms with Crippen molar-refractivity contribution in [2.75, 3.05) is 6.54 Å². The standard InChI is InChI=1S/C13H25NO2/c1-6-8-11(7-2)9-14-10-12(15)16-13(3,4)5/h9,11H,6-8,10H2,1-5H3. The Morgan fingerprint density at radius 1 is 1.38 bits per heavy atom. The molecule has 0 spiro atoms. The second-order valence-corrected chi connectivity index (χ2v) is 5.03. The summed E-state index contributed by atoms with van der Waals surface area (Å²) in [4.78, 5) is 15.5. The molecule has 0 aliphatic heterocycles. The minimum absolute atomic E-state index is 0.136. The smallest absolute Gasteiger partial charge is 0.328 e. The lowest BCUT2D eigenvalue weighted by Crippen LogP contribution is -2.25. The van der Waals surface area contributed by atoms with Crippen molar-refractivity contribution < 1.29 is 9.53 Å². The van der Waals surface area contributed by atoms with Gasteiger partial charge >= 0.3 is 5.97 Å². The molecule has 3 heteroatoms. The lowest BCUT2D eigenvalue weighted by atomic mass is 10.0. The summed E-state index contributed by atoms with van der Waals surface area (Å²) in [6, 6.07) is 0. The van der Waals surface area contributed by atoms with Crippen LogP contribution < -0.4 is 0 Å². The van der Waals surface area contributed by atoms with E-state index in [1.165, 1.54) is 0 Å². The van der Waals surface area contributed by atoms with Gasteiger partial charge in [-0.1, -0.05) is 20.3 Å². The Balaban J connectivity index is 3.94. The van der Waals surface area contributed by atoms with Crippen molar-refractivity contribution >= 4 is 12.2 Å². The van der Waals surface area contributed by atoms with Crippen molar-refractivity contribution in [3.05, 3.63) is 0 Å². The predicted molar refractivity (Wildman–Crippen MR) is 67.9 cm³/mol. The second kappa shape index (κ2) is 7.42. The highest BCUT2D eigenvalue weighted by Crippen LogP contribution is 2.09. The normalized spacial score (nSPS) is 14.1. The van der Waals surface area contributed by atoms with Crippen LogP contribution in [0.15, 0.2) is 4.99 Å². The molecule has 0 radical (unpaired) electrons. The number of hydrogen-bond acceptors (Lipinski definition) is 3. The third-order valence-electron chi connectivity index (χ3n) is 2.14. The Bertz CT molecular complexity index is 229. The van der Waals surface area contributed by atoms with E-state index in [0.717, 1.165) is 19.3 Å². The maximum Gasteiger partial charge on any atom is 0.328 e. The van der Waals surface area contributed by atoms with Crippen LogP contribution in [0, 0.1) is 5.92 Å². The van der Waals surface area contributed by atoms with Gasteiger partial charge in [-0.25, -0.2) is 0 Å². The molecular formula is C13H25NO2. The summed E-state index contributed by atoms with van der Waals surface area (Å²) in [5.41, 5.74) is -0.416. The van der Waals surface area contributed by atoms with Crippen LogP contribution >= 0.6 is 0 Å². The summed E-state index contributed by atoms with van der Waals surface area (Å²) in [5.74, 6) is 0.238. The van der Waals surface area contributed by atoms with Crippen LogP contribution in [-0.4, -0.2) is 24.3 Å². The van der Waals surface area contributed by atoms with E-state index in [0.29, 0.717) is 5.92 Å². The zero-order chi connectivity index (χ0) is 12.6. The van der Waals surface area contributed by atoms with E-state index in [1.807, 2.05) is 27.0 Å². The van der Waals surface area contributed by atoms with Crippen molar-refractivity contribution in [1.29, 1.82) is 0 Å². The summed E-state index contributed by atoms with van der Waals surface area (Å²) >= 11 is 0. The average molecular weight is 227 g/mol. The Labute approximate surface area is 99.3 Å². The second-order valence-electron chi connectivity index (χ2n) is 5.03. The number of carbonyl (C=O) groups is 1. The predicted octanol–water partition coefficient (Wildman–Crippen LogP) is 3.23. The first-order valence-corrected chi connectivity index (χ1v) is 6.10. The number of carbonyl (C=O) groups excluding carboxylic acids is 1. The maximum absolute atomic E-state index is 11.4. The highest BCUT2D eigenvalue weighted by atomic mass is 16.6. The van der Waals surface area contributed by atoms with Gasteiger partial charge in [-0.15, -0.1) is 0 Å². The molecule has 0 aromatic carbocycles. The first kappa shape index (κ1) is 15.1. The highest BCUT2D eigenvalue weighted by molar-refractivity contribution is 5.74. The van der Waals surface area contributed by atoms with Gasteiger partial charge in [0.15, 0.2) is 0 Å². The van der Waals surface area contributed by atoms with E-state index in [-0.39, 0.29) is 12.5 Å². The third-order valence-corrected chi connectivity index (χ3v) is 2.14. The average Bonchev–Trinajstić information content (AvgIpc) is 2.13. The molecule has 0 aromatic heterocycles. The van der Waals surface area contributed by atoms with E-state index >= 15 is 0 Å². The van der Waals surface area contributed by atoms with E-state index in [2.05, 4.69) is 18.8 Å². The Morgan fingerprint density at radius 3 is 2.44 bits per heavy atom. The van der Waals surface area contributed by atoms with Crippen molar-refractivity contribution in [3.8, 4) is 0 Å². The topological polar surface area (TPSA) is 38.7 Å². The number of hydrogen-bond donors (Lipinski definition) is 0. The first-order valence-electron chi connectivity index (χ1n) is 6.10. The molecule has 0 heterocycles. The fourth-order valence-electron chi connectivity index (χ4n) is 1.40. The van der Waals surface area contributed by atoms with E-state index in [1.54, 1.807) is 0 Å². The molecule has 0 aliphatic rings. The van der Waals surface area contributed by atoms with Gasteiger partial charge in [-0.3, -0.25) is 9.79 Å². The zero-order valence-corrected chi connectivity index (χ0v) is 11.2. The summed E-state index contributed by atoms with van der Waals surface area (Å²) < 4.78 is 5.16. The van der Waals surface area contributed by atoms with Crippen LogP contribution in [0.25, 0.3) is 0 Å². The molecule has 94 valence electrons. The van der Waals surface area contributed by atoms with Crippen LogP contribution in [0.1, 0.15) is 53.9 Å². The largest absolute Gasteiger partial charge is 0.459 e. The van der Waals surface area contributed by atoms with Gasteiger partial charge in [0, 0.05) is 6.21 Å². The molecule has 0 saturated heterocycles. The van der Waals surface area contributed by atoms with Crippen LogP contribution in [-0.2, 0) is 9.53 Å². The van der Waals surface area contributed by atoms with Gasteiger partial charge in [0.05, 0.1) is 0 Å². The fraction of sp³-hybridized carbons (Fsp3) is 0.846. The fourth-order valence-corrected chi connectivity index (χ4v) is 1.40. The van der Waals surface area contributed by atoms with Crippen molar-refractivity contribution in [2.45, 2.75) is 59.5 Å². The molecule has 0 rings (SSSR count). The van der Waals surface area contributed by atoms with Crippen LogP contribution in [0.3, 0.4) is 0 Å². The molecule has 0 bridgehead atoms. The summed E-state index contributed by atoms with van der Waals surface area (Å²) in [5, 5.41) is 0. The summed E-state index contributed by atoms with van der Waals surface area (Å²) in [6.45, 7) is 10.0. The van der Waals surface area contributed by atoms with Gasteiger partial charge < -0.3 is 4.74 Å². The van der Waals surface area contributed by atoms with Crippen molar-refractivity contribution in [1.82, 2.24) is 0 Å². The number of ether oxygens (including phenoxy) is 1. The van der Waals surface area contributed by atoms with Gasteiger partial charge in [0.2, 0.25) is 0 Å². The minimum atomic E-state index is -0.416. The first-order chi connectivity index (χ1) is 7.39.